The first-order valence-electron chi connectivity index (χ1n) is 5.63. The van der Waals surface area contributed by atoms with E-state index in [2.05, 4.69) is 0 Å². The molecule has 0 aliphatic heterocycles. The third-order valence-electron chi connectivity index (χ3n) is 2.48. The van der Waals surface area contributed by atoms with Crippen molar-refractivity contribution >= 4 is 20.2 Å². The average Bonchev–Trinajstić information content (AvgIpc) is 2.38. The Morgan fingerprint density at radius 2 is 1.83 bits per heavy atom. The van der Waals surface area contributed by atoms with Gasteiger partial charge in [-0.15, -0.1) is 0 Å². The summed E-state index contributed by atoms with van der Waals surface area (Å²) in [6.07, 6.45) is -4.66. The number of halogens is 3. The van der Waals surface area contributed by atoms with Crippen molar-refractivity contribution in [2.45, 2.75) is 29.8 Å². The third-order valence-corrected chi connectivity index (χ3v) is 6.30. The van der Waals surface area contributed by atoms with Gasteiger partial charge in [-0.3, -0.25) is 0 Å². The molecular formula is C12H15F3O2Sn. The zero-order valence-corrected chi connectivity index (χ0v) is 12.8. The van der Waals surface area contributed by atoms with Crippen molar-refractivity contribution in [2.75, 3.05) is 6.67 Å². The third kappa shape index (κ3) is 5.05. The number of alkyl halides is 3. The van der Waals surface area contributed by atoms with Gasteiger partial charge in [-0.25, -0.2) is 0 Å². The van der Waals surface area contributed by atoms with Gasteiger partial charge in [0.05, 0.1) is 0 Å². The molecule has 0 saturated heterocycles. The summed E-state index contributed by atoms with van der Waals surface area (Å²) in [4.78, 5) is 0. The minimum absolute atomic E-state index is 0.422. The average molecular weight is 367 g/mol. The Morgan fingerprint density at radius 1 is 1.22 bits per heavy atom. The molecule has 2 nitrogen and oxygen atoms in total. The van der Waals surface area contributed by atoms with Crippen molar-refractivity contribution in [1.82, 2.24) is 0 Å². The maximum atomic E-state index is 13.1. The van der Waals surface area contributed by atoms with Crippen LogP contribution in [0.2, 0.25) is 4.44 Å². The summed E-state index contributed by atoms with van der Waals surface area (Å²) in [7, 11) is 0. The molecule has 6 heteroatoms. The number of rotatable bonds is 7. The van der Waals surface area contributed by atoms with Crippen LogP contribution in [0.5, 0.6) is 0 Å². The Kier molecular flexibility index (Phi) is 6.84. The Hall–Kier alpha value is -0.431. The monoisotopic (exact) mass is 368 g/mol. The predicted molar refractivity (Wildman–Crippen MR) is 63.0 cm³/mol. The fraction of sp³-hybridized carbons (Fsp3) is 0.500. The first-order chi connectivity index (χ1) is 8.54. The summed E-state index contributed by atoms with van der Waals surface area (Å²) in [6, 6.07) is 9.05. The molecule has 1 aromatic carbocycles. The molecular weight excluding hydrogens is 352 g/mol. The van der Waals surface area contributed by atoms with E-state index in [-0.39, 0.29) is 0 Å². The predicted octanol–water partition coefficient (Wildman–Crippen LogP) is 3.33. The Labute approximate surface area is 112 Å². The quantitative estimate of drug-likeness (QED) is 0.692. The fourth-order valence-corrected chi connectivity index (χ4v) is 4.85. The molecule has 1 rings (SSSR count). The van der Waals surface area contributed by atoms with Crippen molar-refractivity contribution in [3.63, 3.8) is 0 Å². The molecule has 0 N–H and O–H groups in total. The van der Waals surface area contributed by atoms with Crippen LogP contribution in [0.1, 0.15) is 18.6 Å². The van der Waals surface area contributed by atoms with E-state index in [0.717, 1.165) is 5.56 Å². The van der Waals surface area contributed by atoms with Crippen molar-refractivity contribution < 1.29 is 19.3 Å². The van der Waals surface area contributed by atoms with E-state index in [1.54, 1.807) is 19.1 Å². The van der Waals surface area contributed by atoms with Crippen LogP contribution in [-0.2, 0) is 6.15 Å². The summed E-state index contributed by atoms with van der Waals surface area (Å²) in [6.45, 7) is 0.301. The summed E-state index contributed by atoms with van der Waals surface area (Å²) < 4.78 is 53.9. The number of benzene rings is 1. The van der Waals surface area contributed by atoms with Crippen LogP contribution in [0, 0.1) is 0 Å². The SMILES string of the molecule is CC([O][Sn](=[O])[CH2]C(F)C(F)CF)c1ccccc1. The van der Waals surface area contributed by atoms with Gasteiger partial charge in [0.2, 0.25) is 0 Å². The van der Waals surface area contributed by atoms with Gasteiger partial charge in [0.15, 0.2) is 0 Å². The van der Waals surface area contributed by atoms with Crippen molar-refractivity contribution in [2.24, 2.45) is 0 Å². The van der Waals surface area contributed by atoms with Gasteiger partial charge in [0.1, 0.15) is 0 Å². The molecule has 0 fully saturated rings. The first-order valence-corrected chi connectivity index (χ1v) is 9.98. The number of hydrogen-bond donors (Lipinski definition) is 0. The molecule has 0 bridgehead atoms. The van der Waals surface area contributed by atoms with E-state index in [1.165, 1.54) is 0 Å². The molecule has 1 aromatic rings. The molecule has 0 aliphatic carbocycles. The number of hydrogen-bond acceptors (Lipinski definition) is 2. The van der Waals surface area contributed by atoms with E-state index in [0.29, 0.717) is 0 Å². The second kappa shape index (κ2) is 7.88. The minimum atomic E-state index is -3.66. The first kappa shape index (κ1) is 15.6. The summed E-state index contributed by atoms with van der Waals surface area (Å²) >= 11 is -3.66. The Morgan fingerprint density at radius 3 is 2.39 bits per heavy atom. The maximum absolute atomic E-state index is 13.1. The molecule has 0 aromatic heterocycles. The second-order valence-electron chi connectivity index (χ2n) is 3.93. The van der Waals surface area contributed by atoms with Gasteiger partial charge in [0, 0.05) is 0 Å². The van der Waals surface area contributed by atoms with Crippen molar-refractivity contribution in [3.05, 3.63) is 35.9 Å². The van der Waals surface area contributed by atoms with Crippen molar-refractivity contribution in [3.8, 4) is 0 Å². The van der Waals surface area contributed by atoms with Crippen LogP contribution in [0.3, 0.4) is 0 Å². The van der Waals surface area contributed by atoms with Gasteiger partial charge in [-0.05, 0) is 0 Å². The van der Waals surface area contributed by atoms with E-state index in [9.17, 15) is 16.2 Å². The fourth-order valence-electron chi connectivity index (χ4n) is 1.42. The van der Waals surface area contributed by atoms with Crippen LogP contribution >= 0.6 is 0 Å². The molecule has 0 saturated carbocycles. The van der Waals surface area contributed by atoms with Gasteiger partial charge in [-0.1, -0.05) is 0 Å². The zero-order valence-electron chi connectivity index (χ0n) is 9.98. The molecule has 0 aliphatic rings. The summed E-state index contributed by atoms with van der Waals surface area (Å²) in [5.41, 5.74) is 0.823. The van der Waals surface area contributed by atoms with Crippen LogP contribution in [-0.4, -0.2) is 39.2 Å². The van der Waals surface area contributed by atoms with Crippen LogP contribution in [0.4, 0.5) is 13.2 Å². The van der Waals surface area contributed by atoms with Crippen LogP contribution in [0.15, 0.2) is 30.3 Å². The van der Waals surface area contributed by atoms with Crippen LogP contribution < -0.4 is 0 Å². The van der Waals surface area contributed by atoms with Crippen molar-refractivity contribution in [1.29, 1.82) is 0 Å². The van der Waals surface area contributed by atoms with Crippen LogP contribution in [0.25, 0.3) is 0 Å². The molecule has 0 amide bonds. The van der Waals surface area contributed by atoms with Gasteiger partial charge in [0.25, 0.3) is 0 Å². The van der Waals surface area contributed by atoms with E-state index >= 15 is 0 Å². The molecule has 100 valence electrons. The topological polar surface area (TPSA) is 26.3 Å². The Bertz CT molecular complexity index is 375. The van der Waals surface area contributed by atoms with Gasteiger partial charge in [-0.2, -0.15) is 0 Å². The molecule has 18 heavy (non-hydrogen) atoms. The second-order valence-corrected chi connectivity index (χ2v) is 7.89. The molecule has 0 radical (unpaired) electrons. The molecule has 3 unspecified atom stereocenters. The molecule has 0 spiro atoms. The van der Waals surface area contributed by atoms with E-state index in [4.69, 9.17) is 3.07 Å². The zero-order chi connectivity index (χ0) is 13.5. The van der Waals surface area contributed by atoms with Gasteiger partial charge >= 0.3 is 112 Å². The molecule has 0 heterocycles. The molecule has 3 atom stereocenters. The van der Waals surface area contributed by atoms with Gasteiger partial charge < -0.3 is 0 Å². The standard InChI is InChI=1S/C8H9O.C4H6F3.O.Sn/c1-7(9)8-5-3-2-4-6-8;1-3(6)4(7)2-5;;/h2-7H,1H3;3-4H,1-2H2;;/q-1;;;+1. The van der Waals surface area contributed by atoms with E-state index < -0.39 is 49.7 Å². The normalized spacial score (nSPS) is 16.0. The summed E-state index contributed by atoms with van der Waals surface area (Å²) in [5, 5.41) is 0. The van der Waals surface area contributed by atoms with E-state index in [1.807, 2.05) is 18.2 Å². The Balaban J connectivity index is 2.45. The summed E-state index contributed by atoms with van der Waals surface area (Å²) in [5.74, 6) is 0.